The molecule has 2 atom stereocenters. The summed E-state index contributed by atoms with van der Waals surface area (Å²) >= 11 is 0. The predicted octanol–water partition coefficient (Wildman–Crippen LogP) is 4.07. The molecule has 2 nitrogen and oxygen atoms in total. The van der Waals surface area contributed by atoms with E-state index in [0.717, 1.165) is 13.0 Å². The average Bonchev–Trinajstić information content (AvgIpc) is 3.24. The Balaban J connectivity index is 1.59. The van der Waals surface area contributed by atoms with Gasteiger partial charge >= 0.3 is 0 Å². The zero-order valence-electron chi connectivity index (χ0n) is 12.0. The van der Waals surface area contributed by atoms with Crippen molar-refractivity contribution >= 4 is 0 Å². The van der Waals surface area contributed by atoms with Crippen LogP contribution >= 0.6 is 0 Å². The van der Waals surface area contributed by atoms with Gasteiger partial charge in [0.15, 0.2) is 0 Å². The Bertz CT molecular complexity index is 617. The van der Waals surface area contributed by atoms with Gasteiger partial charge in [-0.25, -0.2) is 0 Å². The zero-order valence-corrected chi connectivity index (χ0v) is 12.0. The summed E-state index contributed by atoms with van der Waals surface area (Å²) in [6, 6.07) is 23.0. The third kappa shape index (κ3) is 2.99. The van der Waals surface area contributed by atoms with Crippen molar-refractivity contribution < 1.29 is 4.74 Å². The molecule has 21 heavy (non-hydrogen) atoms. The lowest BCUT2D eigenvalue weighted by Crippen LogP contribution is -2.12. The summed E-state index contributed by atoms with van der Waals surface area (Å²) in [5.74, 6) is 0.461. The highest BCUT2D eigenvalue weighted by Gasteiger charge is 2.54. The Morgan fingerprint density at radius 3 is 2.38 bits per heavy atom. The number of benzene rings is 2. The van der Waals surface area contributed by atoms with E-state index in [1.54, 1.807) is 0 Å². The Hall–Kier alpha value is -2.11. The van der Waals surface area contributed by atoms with Crippen LogP contribution < -0.4 is 0 Å². The highest BCUT2D eigenvalue weighted by molar-refractivity contribution is 5.35. The van der Waals surface area contributed by atoms with E-state index in [1.165, 1.54) is 11.1 Å². The monoisotopic (exact) mass is 277 g/mol. The molecule has 1 saturated carbocycles. The molecular formula is C19H19NO. The number of rotatable bonds is 6. The van der Waals surface area contributed by atoms with E-state index in [2.05, 4.69) is 42.5 Å². The van der Waals surface area contributed by atoms with Crippen LogP contribution in [0.1, 0.15) is 24.0 Å². The van der Waals surface area contributed by atoms with Crippen LogP contribution in [-0.4, -0.2) is 6.61 Å². The molecule has 2 heteroatoms. The standard InChI is InChI=1S/C19H19NO/c20-12-11-19(17-9-5-2-6-10-17)13-18(19)15-21-14-16-7-3-1-4-8-16/h1-10,18H,11,13-15H2/t18-,19+/m0/s1. The van der Waals surface area contributed by atoms with Crippen LogP contribution in [0.5, 0.6) is 0 Å². The van der Waals surface area contributed by atoms with Crippen molar-refractivity contribution in [3.8, 4) is 6.07 Å². The largest absolute Gasteiger partial charge is 0.376 e. The SMILES string of the molecule is N#CC[C@]1(c2ccccc2)C[C@H]1COCc1ccccc1. The van der Waals surface area contributed by atoms with Gasteiger partial charge in [-0.3, -0.25) is 0 Å². The van der Waals surface area contributed by atoms with Gasteiger partial charge in [-0.2, -0.15) is 5.26 Å². The Kier molecular flexibility index (Phi) is 4.03. The smallest absolute Gasteiger partial charge is 0.0717 e. The van der Waals surface area contributed by atoms with E-state index in [-0.39, 0.29) is 5.41 Å². The van der Waals surface area contributed by atoms with Crippen molar-refractivity contribution in [2.45, 2.75) is 24.9 Å². The van der Waals surface area contributed by atoms with Crippen LogP contribution in [0.2, 0.25) is 0 Å². The highest BCUT2D eigenvalue weighted by Crippen LogP contribution is 2.56. The Morgan fingerprint density at radius 2 is 1.71 bits per heavy atom. The van der Waals surface area contributed by atoms with Crippen molar-refractivity contribution in [2.75, 3.05) is 6.61 Å². The second-order valence-electron chi connectivity index (χ2n) is 5.76. The van der Waals surface area contributed by atoms with Crippen LogP contribution in [-0.2, 0) is 16.8 Å². The molecule has 0 unspecified atom stereocenters. The minimum Gasteiger partial charge on any atom is -0.376 e. The Labute approximate surface area is 126 Å². The molecule has 1 fully saturated rings. The van der Waals surface area contributed by atoms with Crippen molar-refractivity contribution in [2.24, 2.45) is 5.92 Å². The lowest BCUT2D eigenvalue weighted by Gasteiger charge is -2.14. The zero-order chi connectivity index (χ0) is 14.5. The number of hydrogen-bond donors (Lipinski definition) is 0. The van der Waals surface area contributed by atoms with E-state index in [9.17, 15) is 0 Å². The fourth-order valence-electron chi connectivity index (χ4n) is 3.08. The first kappa shape index (κ1) is 13.9. The topological polar surface area (TPSA) is 33.0 Å². The maximum atomic E-state index is 9.13. The highest BCUT2D eigenvalue weighted by atomic mass is 16.5. The van der Waals surface area contributed by atoms with E-state index in [1.807, 2.05) is 24.3 Å². The number of hydrogen-bond acceptors (Lipinski definition) is 2. The second kappa shape index (κ2) is 6.11. The minimum absolute atomic E-state index is 0.0205. The van der Waals surface area contributed by atoms with Gasteiger partial charge in [-0.1, -0.05) is 60.7 Å². The molecule has 0 bridgehead atoms. The van der Waals surface area contributed by atoms with Gasteiger partial charge in [-0.05, 0) is 23.5 Å². The molecular weight excluding hydrogens is 258 g/mol. The van der Waals surface area contributed by atoms with E-state index >= 15 is 0 Å². The summed E-state index contributed by atoms with van der Waals surface area (Å²) in [6.45, 7) is 1.38. The molecule has 2 aromatic rings. The van der Waals surface area contributed by atoms with Crippen LogP contribution in [0.25, 0.3) is 0 Å². The lowest BCUT2D eigenvalue weighted by molar-refractivity contribution is 0.106. The molecule has 0 aliphatic heterocycles. The van der Waals surface area contributed by atoms with Crippen molar-refractivity contribution in [3.05, 3.63) is 71.8 Å². The quantitative estimate of drug-likeness (QED) is 0.797. The fourth-order valence-corrected chi connectivity index (χ4v) is 3.08. The molecule has 2 aromatic carbocycles. The number of ether oxygens (including phenoxy) is 1. The van der Waals surface area contributed by atoms with E-state index in [0.29, 0.717) is 18.9 Å². The minimum atomic E-state index is 0.0205. The fraction of sp³-hybridized carbons (Fsp3) is 0.316. The molecule has 1 aliphatic carbocycles. The van der Waals surface area contributed by atoms with Crippen molar-refractivity contribution in [1.29, 1.82) is 5.26 Å². The van der Waals surface area contributed by atoms with Gasteiger partial charge < -0.3 is 4.74 Å². The normalized spacial score (nSPS) is 23.5. The van der Waals surface area contributed by atoms with Crippen LogP contribution in [0.4, 0.5) is 0 Å². The first-order valence-corrected chi connectivity index (χ1v) is 7.39. The molecule has 0 amide bonds. The number of nitrogens with zero attached hydrogens (tertiary/aromatic N) is 1. The summed E-state index contributed by atoms with van der Waals surface area (Å²) in [5, 5.41) is 9.13. The second-order valence-corrected chi connectivity index (χ2v) is 5.76. The van der Waals surface area contributed by atoms with Gasteiger partial charge in [0.2, 0.25) is 0 Å². The maximum Gasteiger partial charge on any atom is 0.0717 e. The van der Waals surface area contributed by atoms with Crippen LogP contribution in [0.15, 0.2) is 60.7 Å². The van der Waals surface area contributed by atoms with E-state index in [4.69, 9.17) is 10.00 Å². The van der Waals surface area contributed by atoms with E-state index < -0.39 is 0 Å². The van der Waals surface area contributed by atoms with Gasteiger partial charge in [0.05, 0.1) is 19.3 Å². The molecule has 0 saturated heterocycles. The first-order valence-electron chi connectivity index (χ1n) is 7.39. The molecule has 0 radical (unpaired) electrons. The molecule has 0 N–H and O–H groups in total. The van der Waals surface area contributed by atoms with Crippen LogP contribution in [0, 0.1) is 17.2 Å². The summed E-state index contributed by atoms with van der Waals surface area (Å²) in [5.41, 5.74) is 2.50. The molecule has 0 aromatic heterocycles. The number of nitriles is 1. The summed E-state index contributed by atoms with van der Waals surface area (Å²) in [4.78, 5) is 0. The summed E-state index contributed by atoms with van der Waals surface area (Å²) < 4.78 is 5.86. The third-order valence-electron chi connectivity index (χ3n) is 4.41. The molecule has 0 spiro atoms. The Morgan fingerprint density at radius 1 is 1.05 bits per heavy atom. The summed E-state index contributed by atoms with van der Waals surface area (Å²) in [6.07, 6.45) is 1.63. The molecule has 0 heterocycles. The first-order chi connectivity index (χ1) is 10.3. The molecule has 106 valence electrons. The van der Waals surface area contributed by atoms with Crippen molar-refractivity contribution in [1.82, 2.24) is 0 Å². The van der Waals surface area contributed by atoms with Gasteiger partial charge in [-0.15, -0.1) is 0 Å². The van der Waals surface area contributed by atoms with Gasteiger partial charge in [0.25, 0.3) is 0 Å². The maximum absolute atomic E-state index is 9.13. The van der Waals surface area contributed by atoms with Gasteiger partial charge in [0.1, 0.15) is 0 Å². The summed E-state index contributed by atoms with van der Waals surface area (Å²) in [7, 11) is 0. The average molecular weight is 277 g/mol. The lowest BCUT2D eigenvalue weighted by atomic mass is 9.90. The van der Waals surface area contributed by atoms with Crippen LogP contribution in [0.3, 0.4) is 0 Å². The predicted molar refractivity (Wildman–Crippen MR) is 82.6 cm³/mol. The third-order valence-corrected chi connectivity index (χ3v) is 4.41. The molecule has 1 aliphatic rings. The molecule has 3 rings (SSSR count). The van der Waals surface area contributed by atoms with Crippen molar-refractivity contribution in [3.63, 3.8) is 0 Å². The van der Waals surface area contributed by atoms with Gasteiger partial charge in [0, 0.05) is 11.8 Å².